The molecule has 1 unspecified atom stereocenters. The number of aliphatic hydroxyl groups is 1. The van der Waals surface area contributed by atoms with Crippen molar-refractivity contribution in [3.8, 4) is 11.8 Å². The monoisotopic (exact) mass is 286 g/mol. The molecular formula is C15H14N2O4. The average molecular weight is 286 g/mol. The van der Waals surface area contributed by atoms with Crippen LogP contribution in [0.25, 0.3) is 0 Å². The summed E-state index contributed by atoms with van der Waals surface area (Å²) in [5.74, 6) is 3.98. The van der Waals surface area contributed by atoms with Crippen LogP contribution in [0.15, 0.2) is 24.3 Å². The van der Waals surface area contributed by atoms with Crippen molar-refractivity contribution in [1.82, 2.24) is 10.6 Å². The van der Waals surface area contributed by atoms with Crippen LogP contribution in [0.4, 0.5) is 0 Å². The van der Waals surface area contributed by atoms with Crippen molar-refractivity contribution < 1.29 is 19.5 Å². The Morgan fingerprint density at radius 3 is 2.95 bits per heavy atom. The first kappa shape index (κ1) is 14.8. The zero-order valence-corrected chi connectivity index (χ0v) is 11.2. The van der Waals surface area contributed by atoms with E-state index >= 15 is 0 Å². The highest BCUT2D eigenvalue weighted by molar-refractivity contribution is 6.03. The second-order valence-electron chi connectivity index (χ2n) is 4.52. The van der Waals surface area contributed by atoms with Gasteiger partial charge >= 0.3 is 0 Å². The number of rotatable bonds is 2. The molecule has 1 aromatic rings. The average Bonchev–Trinajstić information content (AvgIpc) is 2.48. The maximum Gasteiger partial charge on any atom is 0.251 e. The molecule has 0 radical (unpaired) electrons. The van der Waals surface area contributed by atoms with E-state index in [2.05, 4.69) is 22.5 Å². The zero-order chi connectivity index (χ0) is 15.2. The van der Waals surface area contributed by atoms with Crippen LogP contribution in [-0.4, -0.2) is 35.5 Å². The molecule has 1 heterocycles. The molecule has 0 bridgehead atoms. The van der Waals surface area contributed by atoms with E-state index in [0.29, 0.717) is 17.5 Å². The predicted octanol–water partition coefficient (Wildman–Crippen LogP) is -0.435. The fraction of sp³-hybridized carbons (Fsp3) is 0.267. The van der Waals surface area contributed by atoms with Crippen molar-refractivity contribution in [2.24, 2.45) is 0 Å². The van der Waals surface area contributed by atoms with Crippen molar-refractivity contribution in [3.63, 3.8) is 0 Å². The number of hydrogen-bond donors (Lipinski definition) is 3. The number of amides is 3. The van der Waals surface area contributed by atoms with Gasteiger partial charge in [0.05, 0.1) is 0 Å². The summed E-state index contributed by atoms with van der Waals surface area (Å²) in [4.78, 5) is 34.7. The lowest BCUT2D eigenvalue weighted by molar-refractivity contribution is -0.134. The van der Waals surface area contributed by atoms with E-state index in [1.807, 2.05) is 0 Å². The van der Waals surface area contributed by atoms with E-state index in [-0.39, 0.29) is 18.9 Å². The number of imide groups is 1. The smallest absolute Gasteiger partial charge is 0.251 e. The maximum absolute atomic E-state index is 12.1. The number of piperidine rings is 1. The lowest BCUT2D eigenvalue weighted by Gasteiger charge is -2.21. The lowest BCUT2D eigenvalue weighted by atomic mass is 10.0. The molecule has 0 saturated carbocycles. The van der Waals surface area contributed by atoms with Gasteiger partial charge in [-0.2, -0.15) is 0 Å². The summed E-state index contributed by atoms with van der Waals surface area (Å²) in [5.41, 5.74) is 0.962. The van der Waals surface area contributed by atoms with Crippen molar-refractivity contribution in [2.45, 2.75) is 18.9 Å². The summed E-state index contributed by atoms with van der Waals surface area (Å²) in [6, 6.07) is 5.85. The minimum absolute atomic E-state index is 0.207. The van der Waals surface area contributed by atoms with Gasteiger partial charge in [-0.3, -0.25) is 19.7 Å². The molecule has 0 aromatic heterocycles. The van der Waals surface area contributed by atoms with Gasteiger partial charge in [0, 0.05) is 17.5 Å². The molecule has 6 nitrogen and oxygen atoms in total. The minimum atomic E-state index is -0.706. The highest BCUT2D eigenvalue weighted by Crippen LogP contribution is 2.08. The summed E-state index contributed by atoms with van der Waals surface area (Å²) >= 11 is 0. The van der Waals surface area contributed by atoms with Crippen LogP contribution in [0.2, 0.25) is 0 Å². The van der Waals surface area contributed by atoms with E-state index < -0.39 is 17.9 Å². The molecule has 0 spiro atoms. The Labute approximate surface area is 121 Å². The lowest BCUT2D eigenvalue weighted by Crippen LogP contribution is -2.52. The molecule has 0 aliphatic carbocycles. The van der Waals surface area contributed by atoms with E-state index in [4.69, 9.17) is 5.11 Å². The zero-order valence-electron chi connectivity index (χ0n) is 11.2. The second-order valence-corrected chi connectivity index (χ2v) is 4.52. The third kappa shape index (κ3) is 3.91. The van der Waals surface area contributed by atoms with Gasteiger partial charge in [0.15, 0.2) is 0 Å². The van der Waals surface area contributed by atoms with Gasteiger partial charge in [-0.1, -0.05) is 17.9 Å². The van der Waals surface area contributed by atoms with E-state index in [1.165, 1.54) is 0 Å². The molecule has 1 aliphatic heterocycles. The van der Waals surface area contributed by atoms with Crippen LogP contribution < -0.4 is 10.6 Å². The molecule has 108 valence electrons. The molecule has 2 rings (SSSR count). The Balaban J connectivity index is 2.06. The molecule has 1 saturated heterocycles. The van der Waals surface area contributed by atoms with E-state index in [0.717, 1.165) is 0 Å². The van der Waals surface area contributed by atoms with Gasteiger partial charge in [0.2, 0.25) is 11.8 Å². The van der Waals surface area contributed by atoms with E-state index in [9.17, 15) is 14.4 Å². The fourth-order valence-electron chi connectivity index (χ4n) is 1.95. The van der Waals surface area contributed by atoms with Crippen molar-refractivity contribution in [2.75, 3.05) is 6.61 Å². The first-order valence-electron chi connectivity index (χ1n) is 6.44. The van der Waals surface area contributed by atoms with Crippen LogP contribution in [0.5, 0.6) is 0 Å². The standard InChI is InChI=1S/C15H14N2O4/c18-8-2-4-10-3-1-5-11(9-10)14(20)16-12-6-7-13(19)17-15(12)21/h1,3,5,9,12,18H,6-8H2,(H,16,20)(H,17,19,21). The van der Waals surface area contributed by atoms with Crippen LogP contribution in [0, 0.1) is 11.8 Å². The number of carbonyl (C=O) groups excluding carboxylic acids is 3. The van der Waals surface area contributed by atoms with Crippen molar-refractivity contribution in [3.05, 3.63) is 35.4 Å². The second kappa shape index (κ2) is 6.68. The van der Waals surface area contributed by atoms with Crippen LogP contribution in [0.1, 0.15) is 28.8 Å². The van der Waals surface area contributed by atoms with Crippen LogP contribution in [0.3, 0.4) is 0 Å². The Morgan fingerprint density at radius 1 is 1.43 bits per heavy atom. The largest absolute Gasteiger partial charge is 0.384 e. The third-order valence-electron chi connectivity index (χ3n) is 2.98. The van der Waals surface area contributed by atoms with Gasteiger partial charge in [0.1, 0.15) is 12.6 Å². The molecule has 1 atom stereocenters. The molecule has 3 amide bonds. The highest BCUT2D eigenvalue weighted by atomic mass is 16.2. The number of carbonyl (C=O) groups is 3. The Bertz CT molecular complexity index is 643. The van der Waals surface area contributed by atoms with E-state index in [1.54, 1.807) is 24.3 Å². The first-order chi connectivity index (χ1) is 10.1. The highest BCUT2D eigenvalue weighted by Gasteiger charge is 2.27. The topological polar surface area (TPSA) is 95.5 Å². The molecule has 1 aliphatic rings. The number of hydrogen-bond acceptors (Lipinski definition) is 4. The summed E-state index contributed by atoms with van der Waals surface area (Å²) in [7, 11) is 0. The maximum atomic E-state index is 12.1. The first-order valence-corrected chi connectivity index (χ1v) is 6.44. The van der Waals surface area contributed by atoms with Crippen molar-refractivity contribution >= 4 is 17.7 Å². The van der Waals surface area contributed by atoms with Crippen molar-refractivity contribution in [1.29, 1.82) is 0 Å². The predicted molar refractivity (Wildman–Crippen MR) is 74.0 cm³/mol. The Morgan fingerprint density at radius 2 is 2.24 bits per heavy atom. The minimum Gasteiger partial charge on any atom is -0.384 e. The molecular weight excluding hydrogens is 272 g/mol. The summed E-state index contributed by atoms with van der Waals surface area (Å²) in [6.07, 6.45) is 0.499. The molecule has 1 fully saturated rings. The quantitative estimate of drug-likeness (QED) is 0.507. The summed E-state index contributed by atoms with van der Waals surface area (Å²) in [5, 5.41) is 13.4. The van der Waals surface area contributed by atoms with Gasteiger partial charge in [0.25, 0.3) is 5.91 Å². The SMILES string of the molecule is O=C1CCC(NC(=O)c2cccc(C#CCO)c2)C(=O)N1. The molecule has 6 heteroatoms. The fourth-order valence-corrected chi connectivity index (χ4v) is 1.95. The summed E-state index contributed by atoms with van der Waals surface area (Å²) < 4.78 is 0. The number of nitrogens with one attached hydrogen (secondary N) is 2. The Kier molecular flexibility index (Phi) is 4.69. The summed E-state index contributed by atoms with van der Waals surface area (Å²) in [6.45, 7) is -0.257. The number of aliphatic hydroxyl groups excluding tert-OH is 1. The third-order valence-corrected chi connectivity index (χ3v) is 2.98. The molecule has 3 N–H and O–H groups in total. The van der Waals surface area contributed by atoms with Gasteiger partial charge in [-0.15, -0.1) is 0 Å². The van der Waals surface area contributed by atoms with Crippen LogP contribution in [-0.2, 0) is 9.59 Å². The van der Waals surface area contributed by atoms with Gasteiger partial charge in [-0.25, -0.2) is 0 Å². The van der Waals surface area contributed by atoms with Gasteiger partial charge < -0.3 is 10.4 Å². The van der Waals surface area contributed by atoms with Gasteiger partial charge in [-0.05, 0) is 24.6 Å². The normalized spacial score (nSPS) is 17.5. The molecule has 21 heavy (non-hydrogen) atoms. The van der Waals surface area contributed by atoms with Crippen LogP contribution >= 0.6 is 0 Å². The Hall–Kier alpha value is -2.65. The number of benzene rings is 1. The molecule has 1 aromatic carbocycles.